The molecular weight excluding hydrogens is 386 g/mol. The second kappa shape index (κ2) is 7.55. The summed E-state index contributed by atoms with van der Waals surface area (Å²) < 4.78 is 2.40. The van der Waals surface area contributed by atoms with Crippen molar-refractivity contribution in [2.45, 2.75) is 6.92 Å². The highest BCUT2D eigenvalue weighted by Gasteiger charge is 2.16. The van der Waals surface area contributed by atoms with Crippen molar-refractivity contribution in [3.05, 3.63) is 127 Å². The van der Waals surface area contributed by atoms with Crippen LogP contribution in [0.1, 0.15) is 5.56 Å². The monoisotopic (exact) mass is 409 g/mol. The molecular formula is C31H23N. The molecule has 0 radical (unpaired) electrons. The summed E-state index contributed by atoms with van der Waals surface area (Å²) in [6.07, 6.45) is 0. The Labute approximate surface area is 188 Å². The van der Waals surface area contributed by atoms with Crippen LogP contribution in [-0.2, 0) is 0 Å². The van der Waals surface area contributed by atoms with E-state index in [4.69, 9.17) is 0 Å². The molecule has 152 valence electrons. The SMILES string of the molecule is Cc1cc(-c2ccccc2)cc2c1c1cc(-c3ccccc3)ccc1n2-c1ccccc1. The first-order valence-corrected chi connectivity index (χ1v) is 11.0. The third kappa shape index (κ3) is 3.02. The highest BCUT2D eigenvalue weighted by molar-refractivity contribution is 6.13. The lowest BCUT2D eigenvalue weighted by Crippen LogP contribution is -1.94. The summed E-state index contributed by atoms with van der Waals surface area (Å²) >= 11 is 0. The van der Waals surface area contributed by atoms with Crippen molar-refractivity contribution >= 4 is 21.8 Å². The van der Waals surface area contributed by atoms with Crippen molar-refractivity contribution in [2.75, 3.05) is 0 Å². The number of fused-ring (bicyclic) bond motifs is 3. The highest BCUT2D eigenvalue weighted by atomic mass is 15.0. The van der Waals surface area contributed by atoms with Crippen LogP contribution in [0.4, 0.5) is 0 Å². The van der Waals surface area contributed by atoms with Crippen LogP contribution in [0.3, 0.4) is 0 Å². The topological polar surface area (TPSA) is 4.93 Å². The van der Waals surface area contributed by atoms with E-state index in [1.54, 1.807) is 0 Å². The molecule has 1 heteroatoms. The molecule has 0 aliphatic heterocycles. The fourth-order valence-electron chi connectivity index (χ4n) is 4.82. The molecule has 0 bridgehead atoms. The number of aromatic nitrogens is 1. The average Bonchev–Trinajstić information content (AvgIpc) is 3.19. The number of nitrogens with zero attached hydrogens (tertiary/aromatic N) is 1. The third-order valence-electron chi connectivity index (χ3n) is 6.29. The minimum Gasteiger partial charge on any atom is -0.309 e. The lowest BCUT2D eigenvalue weighted by Gasteiger charge is -2.10. The molecule has 0 saturated heterocycles. The van der Waals surface area contributed by atoms with Gasteiger partial charge in [0.2, 0.25) is 0 Å². The van der Waals surface area contributed by atoms with Gasteiger partial charge in [0.15, 0.2) is 0 Å². The number of benzene rings is 5. The van der Waals surface area contributed by atoms with Gasteiger partial charge in [-0.25, -0.2) is 0 Å². The number of hydrogen-bond donors (Lipinski definition) is 0. The Bertz CT molecular complexity index is 1540. The summed E-state index contributed by atoms with van der Waals surface area (Å²) in [5.74, 6) is 0. The van der Waals surface area contributed by atoms with E-state index < -0.39 is 0 Å². The van der Waals surface area contributed by atoms with Crippen molar-refractivity contribution in [1.82, 2.24) is 4.57 Å². The Morgan fingerprint density at radius 1 is 0.469 bits per heavy atom. The number of aryl methyl sites for hydroxylation is 1. The molecule has 1 aromatic heterocycles. The van der Waals surface area contributed by atoms with Crippen LogP contribution >= 0.6 is 0 Å². The van der Waals surface area contributed by atoms with Crippen LogP contribution in [-0.4, -0.2) is 4.57 Å². The Morgan fingerprint density at radius 2 is 1.06 bits per heavy atom. The molecule has 0 unspecified atom stereocenters. The molecule has 0 spiro atoms. The quantitative estimate of drug-likeness (QED) is 0.276. The van der Waals surface area contributed by atoms with Crippen molar-refractivity contribution in [1.29, 1.82) is 0 Å². The summed E-state index contributed by atoms with van der Waals surface area (Å²) in [5.41, 5.74) is 9.95. The van der Waals surface area contributed by atoms with Gasteiger partial charge < -0.3 is 4.57 Å². The van der Waals surface area contributed by atoms with Gasteiger partial charge in [0.05, 0.1) is 11.0 Å². The minimum absolute atomic E-state index is 1.18. The van der Waals surface area contributed by atoms with Crippen molar-refractivity contribution in [3.8, 4) is 27.9 Å². The number of hydrogen-bond acceptors (Lipinski definition) is 0. The van der Waals surface area contributed by atoms with Gasteiger partial charge in [0, 0.05) is 16.5 Å². The highest BCUT2D eigenvalue weighted by Crippen LogP contribution is 2.38. The predicted molar refractivity (Wildman–Crippen MR) is 136 cm³/mol. The molecule has 32 heavy (non-hydrogen) atoms. The van der Waals surface area contributed by atoms with Gasteiger partial charge in [-0.15, -0.1) is 0 Å². The summed E-state index contributed by atoms with van der Waals surface area (Å²) in [5, 5.41) is 2.61. The Kier molecular flexibility index (Phi) is 4.40. The first kappa shape index (κ1) is 18.7. The first-order valence-electron chi connectivity index (χ1n) is 11.0. The number of para-hydroxylation sites is 1. The lowest BCUT2D eigenvalue weighted by molar-refractivity contribution is 1.18. The van der Waals surface area contributed by atoms with E-state index in [0.29, 0.717) is 0 Å². The van der Waals surface area contributed by atoms with Crippen LogP contribution in [0.5, 0.6) is 0 Å². The molecule has 1 heterocycles. The number of rotatable bonds is 3. The van der Waals surface area contributed by atoms with E-state index in [-0.39, 0.29) is 0 Å². The maximum atomic E-state index is 2.40. The Morgan fingerprint density at radius 3 is 1.72 bits per heavy atom. The smallest absolute Gasteiger partial charge is 0.0549 e. The largest absolute Gasteiger partial charge is 0.309 e. The molecule has 6 rings (SSSR count). The fourth-order valence-corrected chi connectivity index (χ4v) is 4.82. The zero-order chi connectivity index (χ0) is 21.5. The zero-order valence-electron chi connectivity index (χ0n) is 18.0. The van der Waals surface area contributed by atoms with Crippen LogP contribution in [0.15, 0.2) is 121 Å². The van der Waals surface area contributed by atoms with Crippen LogP contribution in [0, 0.1) is 6.92 Å². The zero-order valence-corrected chi connectivity index (χ0v) is 18.0. The second-order valence-corrected chi connectivity index (χ2v) is 8.32. The summed E-state index contributed by atoms with van der Waals surface area (Å²) in [4.78, 5) is 0. The van der Waals surface area contributed by atoms with Crippen LogP contribution in [0.25, 0.3) is 49.7 Å². The van der Waals surface area contributed by atoms with Crippen molar-refractivity contribution < 1.29 is 0 Å². The molecule has 1 nitrogen and oxygen atoms in total. The van der Waals surface area contributed by atoms with E-state index in [9.17, 15) is 0 Å². The Balaban J connectivity index is 1.71. The molecule has 0 aliphatic rings. The lowest BCUT2D eigenvalue weighted by atomic mass is 9.98. The van der Waals surface area contributed by atoms with Gasteiger partial charge >= 0.3 is 0 Å². The predicted octanol–water partition coefficient (Wildman–Crippen LogP) is 8.43. The van der Waals surface area contributed by atoms with Crippen molar-refractivity contribution in [3.63, 3.8) is 0 Å². The van der Waals surface area contributed by atoms with E-state index in [1.165, 1.54) is 55.3 Å². The normalized spacial score (nSPS) is 11.3. The molecule has 0 atom stereocenters. The summed E-state index contributed by atoms with van der Waals surface area (Å²) in [7, 11) is 0. The van der Waals surface area contributed by atoms with Gasteiger partial charge in [-0.3, -0.25) is 0 Å². The molecule has 0 amide bonds. The maximum absolute atomic E-state index is 2.40. The van der Waals surface area contributed by atoms with Crippen LogP contribution < -0.4 is 0 Å². The van der Waals surface area contributed by atoms with E-state index in [2.05, 4.69) is 133 Å². The van der Waals surface area contributed by atoms with Gasteiger partial charge in [0.1, 0.15) is 0 Å². The summed E-state index contributed by atoms with van der Waals surface area (Å²) in [6, 6.07) is 43.5. The molecule has 0 aliphatic carbocycles. The standard InChI is InChI=1S/C31H23N/c1-22-19-26(24-13-7-3-8-14-24)21-30-31(22)28-20-25(23-11-5-2-6-12-23)17-18-29(28)32(30)27-15-9-4-10-16-27/h2-21H,1H3. The Hall–Kier alpha value is -4.10. The minimum atomic E-state index is 1.18. The first-order chi connectivity index (χ1) is 15.8. The molecule has 5 aromatic carbocycles. The second-order valence-electron chi connectivity index (χ2n) is 8.32. The molecule has 6 aromatic rings. The fraction of sp³-hybridized carbons (Fsp3) is 0.0323. The van der Waals surface area contributed by atoms with E-state index in [0.717, 1.165) is 0 Å². The van der Waals surface area contributed by atoms with Gasteiger partial charge in [-0.05, 0) is 65.1 Å². The van der Waals surface area contributed by atoms with Crippen LogP contribution in [0.2, 0.25) is 0 Å². The van der Waals surface area contributed by atoms with Gasteiger partial charge in [0.25, 0.3) is 0 Å². The third-order valence-corrected chi connectivity index (χ3v) is 6.29. The maximum Gasteiger partial charge on any atom is 0.0549 e. The van der Waals surface area contributed by atoms with E-state index in [1.807, 2.05) is 0 Å². The van der Waals surface area contributed by atoms with Gasteiger partial charge in [-0.2, -0.15) is 0 Å². The summed E-state index contributed by atoms with van der Waals surface area (Å²) in [6.45, 7) is 2.23. The average molecular weight is 410 g/mol. The van der Waals surface area contributed by atoms with Gasteiger partial charge in [-0.1, -0.05) is 91.0 Å². The van der Waals surface area contributed by atoms with E-state index >= 15 is 0 Å². The molecule has 0 fully saturated rings. The molecule has 0 N–H and O–H groups in total. The van der Waals surface area contributed by atoms with Crippen molar-refractivity contribution in [2.24, 2.45) is 0 Å². The molecule has 0 saturated carbocycles.